The molecule has 1 aromatic carbocycles. The third-order valence-corrected chi connectivity index (χ3v) is 4.89. The topological polar surface area (TPSA) is 107 Å². The predicted molar refractivity (Wildman–Crippen MR) is 91.6 cm³/mol. The van der Waals surface area contributed by atoms with E-state index in [-0.39, 0.29) is 36.3 Å². The van der Waals surface area contributed by atoms with Crippen molar-refractivity contribution >= 4 is 29.4 Å². The molecule has 3 N–H and O–H groups in total. The minimum absolute atomic E-state index is 0.0195. The summed E-state index contributed by atoms with van der Waals surface area (Å²) >= 11 is 5.90. The molecule has 1 fully saturated rings. The smallest absolute Gasteiger partial charge is 0.329 e. The molecule has 2 rings (SSSR count). The summed E-state index contributed by atoms with van der Waals surface area (Å²) in [6, 6.07) is 4.06. The maximum Gasteiger partial charge on any atom is 0.329 e. The molecule has 1 aliphatic rings. The van der Waals surface area contributed by atoms with E-state index >= 15 is 0 Å². The van der Waals surface area contributed by atoms with Crippen molar-refractivity contribution in [3.05, 3.63) is 34.6 Å². The molecule has 0 aromatic heterocycles. The van der Waals surface area contributed by atoms with Crippen LogP contribution >= 0.6 is 11.6 Å². The van der Waals surface area contributed by atoms with Crippen LogP contribution in [0, 0.1) is 5.82 Å². The number of amides is 1. The van der Waals surface area contributed by atoms with Gasteiger partial charge >= 0.3 is 11.9 Å². The molecule has 142 valence electrons. The number of carboxylic acids is 2. The molecule has 0 spiro atoms. The first-order chi connectivity index (χ1) is 12.2. The molecule has 0 aliphatic carbocycles. The Labute approximate surface area is 154 Å². The van der Waals surface area contributed by atoms with Gasteiger partial charge in [0.25, 0.3) is 0 Å². The number of carbonyl (C=O) groups is 3. The number of piperidine rings is 1. The van der Waals surface area contributed by atoms with Gasteiger partial charge in [0, 0.05) is 30.2 Å². The standard InChI is InChI=1S/C17H20ClFN2O5/c18-12-2-1-3-13(19)11(12)10-14(22)20-17(16(25)26)5-8-21(9-6-17)7-4-15(23)24/h1-3H,4-10H2,(H,20,22)(H,23,24)(H,25,26). The largest absolute Gasteiger partial charge is 0.481 e. The Morgan fingerprint density at radius 1 is 1.23 bits per heavy atom. The first-order valence-corrected chi connectivity index (χ1v) is 8.53. The molecule has 0 bridgehead atoms. The van der Waals surface area contributed by atoms with Crippen LogP contribution in [0.5, 0.6) is 0 Å². The van der Waals surface area contributed by atoms with Crippen LogP contribution in [-0.2, 0) is 20.8 Å². The number of halogens is 2. The van der Waals surface area contributed by atoms with E-state index in [2.05, 4.69) is 5.32 Å². The average Bonchev–Trinajstić information content (AvgIpc) is 2.57. The van der Waals surface area contributed by atoms with Crippen LogP contribution in [0.1, 0.15) is 24.8 Å². The fraction of sp³-hybridized carbons (Fsp3) is 0.471. The van der Waals surface area contributed by atoms with E-state index in [1.807, 2.05) is 4.90 Å². The highest BCUT2D eigenvalue weighted by Gasteiger charge is 2.42. The number of aliphatic carboxylic acids is 2. The van der Waals surface area contributed by atoms with Gasteiger partial charge in [0.2, 0.25) is 5.91 Å². The molecule has 1 amide bonds. The summed E-state index contributed by atoms with van der Waals surface area (Å²) in [6.45, 7) is 1.02. The van der Waals surface area contributed by atoms with E-state index in [1.165, 1.54) is 18.2 Å². The van der Waals surface area contributed by atoms with Crippen molar-refractivity contribution in [2.24, 2.45) is 0 Å². The Balaban J connectivity index is 2.01. The zero-order valence-electron chi connectivity index (χ0n) is 14.0. The van der Waals surface area contributed by atoms with E-state index in [1.54, 1.807) is 0 Å². The number of carbonyl (C=O) groups excluding carboxylic acids is 1. The van der Waals surface area contributed by atoms with Crippen molar-refractivity contribution < 1.29 is 29.0 Å². The minimum Gasteiger partial charge on any atom is -0.481 e. The van der Waals surface area contributed by atoms with Gasteiger partial charge in [-0.15, -0.1) is 0 Å². The van der Waals surface area contributed by atoms with Crippen molar-refractivity contribution in [1.29, 1.82) is 0 Å². The van der Waals surface area contributed by atoms with Crippen LogP contribution < -0.4 is 5.32 Å². The second-order valence-electron chi connectivity index (χ2n) is 6.30. The second-order valence-corrected chi connectivity index (χ2v) is 6.71. The molecule has 7 nitrogen and oxygen atoms in total. The van der Waals surface area contributed by atoms with Crippen molar-refractivity contribution in [1.82, 2.24) is 10.2 Å². The summed E-state index contributed by atoms with van der Waals surface area (Å²) in [5.41, 5.74) is -1.43. The number of nitrogens with one attached hydrogen (secondary N) is 1. The molecule has 1 aliphatic heterocycles. The molecular formula is C17H20ClFN2O5. The molecule has 0 atom stereocenters. The fourth-order valence-corrected chi connectivity index (χ4v) is 3.21. The highest BCUT2D eigenvalue weighted by molar-refractivity contribution is 6.31. The lowest BCUT2D eigenvalue weighted by Crippen LogP contribution is -2.60. The molecule has 0 unspecified atom stereocenters. The van der Waals surface area contributed by atoms with Crippen LogP contribution in [0.4, 0.5) is 4.39 Å². The maximum absolute atomic E-state index is 13.8. The number of hydrogen-bond acceptors (Lipinski definition) is 4. The monoisotopic (exact) mass is 386 g/mol. The van der Waals surface area contributed by atoms with Gasteiger partial charge in [-0.25, -0.2) is 9.18 Å². The zero-order chi connectivity index (χ0) is 19.3. The SMILES string of the molecule is O=C(O)CCN1CCC(NC(=O)Cc2c(F)cccc2Cl)(C(=O)O)CC1. The van der Waals surface area contributed by atoms with Gasteiger partial charge in [0.1, 0.15) is 11.4 Å². The first-order valence-electron chi connectivity index (χ1n) is 8.15. The lowest BCUT2D eigenvalue weighted by molar-refractivity contribution is -0.150. The van der Waals surface area contributed by atoms with E-state index in [0.29, 0.717) is 19.6 Å². The van der Waals surface area contributed by atoms with Crippen LogP contribution in [0.3, 0.4) is 0 Å². The first kappa shape index (κ1) is 20.1. The highest BCUT2D eigenvalue weighted by Crippen LogP contribution is 2.24. The fourth-order valence-electron chi connectivity index (χ4n) is 2.98. The van der Waals surface area contributed by atoms with E-state index in [4.69, 9.17) is 16.7 Å². The maximum atomic E-state index is 13.8. The van der Waals surface area contributed by atoms with E-state index < -0.39 is 29.2 Å². The van der Waals surface area contributed by atoms with Gasteiger partial charge in [0.05, 0.1) is 12.8 Å². The van der Waals surface area contributed by atoms with Crippen LogP contribution in [0.15, 0.2) is 18.2 Å². The van der Waals surface area contributed by atoms with E-state index in [0.717, 1.165) is 0 Å². The highest BCUT2D eigenvalue weighted by atomic mass is 35.5. The van der Waals surface area contributed by atoms with Gasteiger partial charge in [0.15, 0.2) is 0 Å². The molecule has 0 saturated carbocycles. The van der Waals surface area contributed by atoms with Crippen molar-refractivity contribution in [2.75, 3.05) is 19.6 Å². The number of nitrogens with zero attached hydrogens (tertiary/aromatic N) is 1. The molecule has 1 saturated heterocycles. The Bertz CT molecular complexity index is 684. The Morgan fingerprint density at radius 2 is 1.88 bits per heavy atom. The molecule has 9 heteroatoms. The minimum atomic E-state index is -1.45. The molecule has 26 heavy (non-hydrogen) atoms. The van der Waals surface area contributed by atoms with Crippen LogP contribution in [-0.4, -0.2) is 58.1 Å². The molecule has 1 heterocycles. The van der Waals surface area contributed by atoms with Gasteiger partial charge < -0.3 is 20.4 Å². The summed E-state index contributed by atoms with van der Waals surface area (Å²) in [7, 11) is 0. The summed E-state index contributed by atoms with van der Waals surface area (Å²) in [6.07, 6.45) is -0.112. The third-order valence-electron chi connectivity index (χ3n) is 4.54. The molecule has 0 radical (unpaired) electrons. The van der Waals surface area contributed by atoms with Gasteiger partial charge in [-0.3, -0.25) is 9.59 Å². The third kappa shape index (κ3) is 4.92. The van der Waals surface area contributed by atoms with Gasteiger partial charge in [-0.2, -0.15) is 0 Å². The quantitative estimate of drug-likeness (QED) is 0.656. The summed E-state index contributed by atoms with van der Waals surface area (Å²) in [5.74, 6) is -3.34. The Hall–Kier alpha value is -2.19. The Kier molecular flexibility index (Phi) is 6.55. The summed E-state index contributed by atoms with van der Waals surface area (Å²) in [4.78, 5) is 36.5. The Morgan fingerprint density at radius 3 is 2.42 bits per heavy atom. The second kappa shape index (κ2) is 8.46. The number of carboxylic acid groups (broad SMARTS) is 2. The lowest BCUT2D eigenvalue weighted by Gasteiger charge is -2.39. The normalized spacial score (nSPS) is 16.8. The summed E-state index contributed by atoms with van der Waals surface area (Å²) in [5, 5.41) is 20.9. The molecule has 1 aromatic rings. The van der Waals surface area contributed by atoms with Crippen molar-refractivity contribution in [2.45, 2.75) is 31.2 Å². The number of likely N-dealkylation sites (tertiary alicyclic amines) is 1. The summed E-state index contributed by atoms with van der Waals surface area (Å²) < 4.78 is 13.8. The van der Waals surface area contributed by atoms with Crippen molar-refractivity contribution in [3.8, 4) is 0 Å². The number of rotatable bonds is 7. The van der Waals surface area contributed by atoms with Gasteiger partial charge in [-0.1, -0.05) is 17.7 Å². The number of benzene rings is 1. The van der Waals surface area contributed by atoms with Crippen LogP contribution in [0.2, 0.25) is 5.02 Å². The molecular weight excluding hydrogens is 367 g/mol. The lowest BCUT2D eigenvalue weighted by atomic mass is 9.87. The predicted octanol–water partition coefficient (Wildman–Crippen LogP) is 1.53. The van der Waals surface area contributed by atoms with E-state index in [9.17, 15) is 23.9 Å². The number of hydrogen-bond donors (Lipinski definition) is 3. The zero-order valence-corrected chi connectivity index (χ0v) is 14.8. The van der Waals surface area contributed by atoms with Crippen molar-refractivity contribution in [3.63, 3.8) is 0 Å². The van der Waals surface area contributed by atoms with Gasteiger partial charge in [-0.05, 0) is 25.0 Å². The average molecular weight is 387 g/mol. The van der Waals surface area contributed by atoms with Crippen LogP contribution in [0.25, 0.3) is 0 Å².